The molecule has 1 aromatic carbocycles. The molecular weight excluding hydrogens is 366 g/mol. The standard InChI is InChI=1S/C23H23N3O3/c1-23(2)12-18-21(19(27)13-23)17(14-7-9-25-10-8-14)11-20(28)26(18)16-5-3-15(4-6-16)22(24)29/h3-10,17H,11-13H2,1-2H3,(H2,24,29). The van der Waals surface area contributed by atoms with Gasteiger partial charge in [-0.1, -0.05) is 13.8 Å². The Labute approximate surface area is 169 Å². The topological polar surface area (TPSA) is 93.4 Å². The second kappa shape index (κ2) is 6.95. The largest absolute Gasteiger partial charge is 0.366 e. The van der Waals surface area contributed by atoms with Crippen molar-refractivity contribution in [2.45, 2.75) is 39.0 Å². The molecule has 2 heterocycles. The first-order valence-electron chi connectivity index (χ1n) is 9.66. The van der Waals surface area contributed by atoms with Crippen molar-refractivity contribution in [1.29, 1.82) is 0 Å². The normalized spacial score (nSPS) is 21.2. The van der Waals surface area contributed by atoms with E-state index < -0.39 is 5.91 Å². The second-order valence-corrected chi connectivity index (χ2v) is 8.48. The molecule has 1 aliphatic carbocycles. The molecule has 148 valence electrons. The van der Waals surface area contributed by atoms with Gasteiger partial charge in [0, 0.05) is 53.7 Å². The third-order valence-corrected chi connectivity index (χ3v) is 5.66. The monoisotopic (exact) mass is 389 g/mol. The number of aromatic nitrogens is 1. The molecule has 0 fully saturated rings. The summed E-state index contributed by atoms with van der Waals surface area (Å²) in [6, 6.07) is 10.4. The molecule has 2 aromatic rings. The van der Waals surface area contributed by atoms with Crippen LogP contribution in [0, 0.1) is 5.41 Å². The number of nitrogens with two attached hydrogens (primary N) is 1. The summed E-state index contributed by atoms with van der Waals surface area (Å²) >= 11 is 0. The molecule has 0 radical (unpaired) electrons. The lowest BCUT2D eigenvalue weighted by Gasteiger charge is -2.43. The van der Waals surface area contributed by atoms with Crippen LogP contribution in [0.15, 0.2) is 60.1 Å². The number of hydrogen-bond acceptors (Lipinski definition) is 4. The number of amides is 2. The Bertz CT molecular complexity index is 1020. The van der Waals surface area contributed by atoms with Crippen LogP contribution in [0.25, 0.3) is 0 Å². The van der Waals surface area contributed by atoms with Gasteiger partial charge in [0.2, 0.25) is 11.8 Å². The quantitative estimate of drug-likeness (QED) is 0.871. The number of benzene rings is 1. The fourth-order valence-corrected chi connectivity index (χ4v) is 4.37. The van der Waals surface area contributed by atoms with E-state index in [4.69, 9.17) is 5.73 Å². The van der Waals surface area contributed by atoms with Crippen LogP contribution < -0.4 is 10.6 Å². The van der Waals surface area contributed by atoms with Gasteiger partial charge in [-0.2, -0.15) is 0 Å². The van der Waals surface area contributed by atoms with Crippen molar-refractivity contribution in [3.8, 4) is 0 Å². The maximum atomic E-state index is 13.2. The number of hydrogen-bond donors (Lipinski definition) is 1. The highest BCUT2D eigenvalue weighted by Gasteiger charge is 2.44. The molecule has 6 heteroatoms. The lowest BCUT2D eigenvalue weighted by Crippen LogP contribution is -2.43. The van der Waals surface area contributed by atoms with Gasteiger partial charge in [0.05, 0.1) is 0 Å². The minimum absolute atomic E-state index is 0.0668. The van der Waals surface area contributed by atoms with Crippen molar-refractivity contribution in [2.75, 3.05) is 4.90 Å². The highest BCUT2D eigenvalue weighted by atomic mass is 16.2. The van der Waals surface area contributed by atoms with E-state index in [1.807, 2.05) is 26.0 Å². The molecule has 0 spiro atoms. The van der Waals surface area contributed by atoms with Crippen LogP contribution in [0.2, 0.25) is 0 Å². The number of Topliss-reactive ketones (excluding diaryl/α,β-unsaturated/α-hetero) is 1. The Morgan fingerprint density at radius 1 is 1.07 bits per heavy atom. The number of allylic oxidation sites excluding steroid dienone is 2. The molecule has 0 bridgehead atoms. The molecule has 1 aromatic heterocycles. The summed E-state index contributed by atoms with van der Waals surface area (Å²) in [7, 11) is 0. The predicted molar refractivity (Wildman–Crippen MR) is 109 cm³/mol. The molecule has 4 rings (SSSR count). The van der Waals surface area contributed by atoms with Crippen LogP contribution in [-0.4, -0.2) is 22.6 Å². The maximum absolute atomic E-state index is 13.2. The van der Waals surface area contributed by atoms with Gasteiger partial charge in [-0.15, -0.1) is 0 Å². The summed E-state index contributed by atoms with van der Waals surface area (Å²) in [5.74, 6) is -0.759. The van der Waals surface area contributed by atoms with Crippen LogP contribution in [0.1, 0.15) is 54.9 Å². The van der Waals surface area contributed by atoms with Crippen LogP contribution >= 0.6 is 0 Å². The minimum Gasteiger partial charge on any atom is -0.366 e. The zero-order chi connectivity index (χ0) is 20.8. The van der Waals surface area contributed by atoms with Crippen molar-refractivity contribution in [3.05, 3.63) is 71.2 Å². The van der Waals surface area contributed by atoms with Gasteiger partial charge in [-0.05, 0) is 53.8 Å². The van der Waals surface area contributed by atoms with Gasteiger partial charge in [0.25, 0.3) is 0 Å². The Kier molecular flexibility index (Phi) is 4.57. The SMILES string of the molecule is CC1(C)CC(=O)C2=C(C1)N(c1ccc(C(N)=O)cc1)C(=O)CC2c1ccncc1. The third kappa shape index (κ3) is 3.46. The Hall–Kier alpha value is -3.28. The first-order valence-corrected chi connectivity index (χ1v) is 9.66. The van der Waals surface area contributed by atoms with Crippen LogP contribution in [0.4, 0.5) is 5.69 Å². The van der Waals surface area contributed by atoms with E-state index in [1.54, 1.807) is 41.6 Å². The number of anilines is 1. The molecule has 2 N–H and O–H groups in total. The van der Waals surface area contributed by atoms with Crippen LogP contribution in [0.5, 0.6) is 0 Å². The number of pyridine rings is 1. The lowest BCUT2D eigenvalue weighted by atomic mass is 9.69. The number of rotatable bonds is 3. The minimum atomic E-state index is -0.520. The third-order valence-electron chi connectivity index (χ3n) is 5.66. The van der Waals surface area contributed by atoms with Gasteiger partial charge < -0.3 is 5.73 Å². The zero-order valence-corrected chi connectivity index (χ0v) is 16.5. The molecule has 0 saturated heterocycles. The van der Waals surface area contributed by atoms with E-state index >= 15 is 0 Å². The van der Waals surface area contributed by atoms with Gasteiger partial charge in [0.1, 0.15) is 0 Å². The Balaban J connectivity index is 1.86. The number of ketones is 1. The molecule has 29 heavy (non-hydrogen) atoms. The number of nitrogens with zero attached hydrogens (tertiary/aromatic N) is 2. The highest BCUT2D eigenvalue weighted by Crippen LogP contribution is 2.48. The first kappa shape index (κ1) is 19.1. The summed E-state index contributed by atoms with van der Waals surface area (Å²) in [6.07, 6.45) is 4.67. The summed E-state index contributed by atoms with van der Waals surface area (Å²) in [6.45, 7) is 4.09. The fourth-order valence-electron chi connectivity index (χ4n) is 4.37. The van der Waals surface area contributed by atoms with E-state index in [1.165, 1.54) is 0 Å². The molecule has 0 saturated carbocycles. The second-order valence-electron chi connectivity index (χ2n) is 8.48. The van der Waals surface area contributed by atoms with E-state index in [0.717, 1.165) is 11.3 Å². The summed E-state index contributed by atoms with van der Waals surface area (Å²) in [5.41, 5.74) is 8.53. The van der Waals surface area contributed by atoms with E-state index in [9.17, 15) is 14.4 Å². The summed E-state index contributed by atoms with van der Waals surface area (Å²) in [4.78, 5) is 43.5. The van der Waals surface area contributed by atoms with E-state index in [2.05, 4.69) is 4.98 Å². The summed E-state index contributed by atoms with van der Waals surface area (Å²) < 4.78 is 0. The molecule has 1 aliphatic heterocycles. The molecule has 6 nitrogen and oxygen atoms in total. The molecular formula is C23H23N3O3. The maximum Gasteiger partial charge on any atom is 0.248 e. The number of primary amides is 1. The van der Waals surface area contributed by atoms with E-state index in [-0.39, 0.29) is 29.4 Å². The number of carbonyl (C=O) groups excluding carboxylic acids is 3. The lowest BCUT2D eigenvalue weighted by molar-refractivity contribution is -0.121. The van der Waals surface area contributed by atoms with Gasteiger partial charge in [0.15, 0.2) is 5.78 Å². The van der Waals surface area contributed by atoms with E-state index in [0.29, 0.717) is 29.7 Å². The van der Waals surface area contributed by atoms with Crippen molar-refractivity contribution in [1.82, 2.24) is 4.98 Å². The van der Waals surface area contributed by atoms with Gasteiger partial charge >= 0.3 is 0 Å². The molecule has 1 unspecified atom stereocenters. The van der Waals surface area contributed by atoms with Crippen molar-refractivity contribution >= 4 is 23.3 Å². The van der Waals surface area contributed by atoms with Crippen molar-refractivity contribution < 1.29 is 14.4 Å². The average Bonchev–Trinajstić information content (AvgIpc) is 2.67. The van der Waals surface area contributed by atoms with Crippen molar-refractivity contribution in [2.24, 2.45) is 11.1 Å². The smallest absolute Gasteiger partial charge is 0.248 e. The Morgan fingerprint density at radius 3 is 2.34 bits per heavy atom. The fraction of sp³-hybridized carbons (Fsp3) is 0.304. The van der Waals surface area contributed by atoms with Crippen LogP contribution in [-0.2, 0) is 9.59 Å². The average molecular weight is 389 g/mol. The zero-order valence-electron chi connectivity index (χ0n) is 16.5. The molecule has 2 aliphatic rings. The Morgan fingerprint density at radius 2 is 1.72 bits per heavy atom. The van der Waals surface area contributed by atoms with Gasteiger partial charge in [-0.25, -0.2) is 0 Å². The van der Waals surface area contributed by atoms with Crippen LogP contribution in [0.3, 0.4) is 0 Å². The first-order chi connectivity index (χ1) is 13.8. The predicted octanol–water partition coefficient (Wildman–Crippen LogP) is 3.34. The number of carbonyl (C=O) groups is 3. The van der Waals surface area contributed by atoms with Gasteiger partial charge in [-0.3, -0.25) is 24.3 Å². The summed E-state index contributed by atoms with van der Waals surface area (Å²) in [5, 5.41) is 0. The van der Waals surface area contributed by atoms with Crippen molar-refractivity contribution in [3.63, 3.8) is 0 Å². The highest BCUT2D eigenvalue weighted by molar-refractivity contribution is 6.08. The molecule has 1 atom stereocenters. The molecule has 2 amide bonds.